The molecule has 0 spiro atoms. The van der Waals surface area contributed by atoms with Crippen LogP contribution in [0.5, 0.6) is 0 Å². The Balaban J connectivity index is 1.64. The molecule has 1 saturated heterocycles. The summed E-state index contributed by atoms with van der Waals surface area (Å²) in [7, 11) is 0. The molecule has 3 N–H and O–H groups in total. The fraction of sp³-hybridized carbons (Fsp3) is 0.278. The number of hydrogen-bond acceptors (Lipinski definition) is 7. The number of anilines is 1. The van der Waals surface area contributed by atoms with Crippen LogP contribution in [0.15, 0.2) is 36.4 Å². The molecule has 3 heterocycles. The number of rotatable bonds is 5. The van der Waals surface area contributed by atoms with Crippen molar-refractivity contribution in [3.8, 4) is 0 Å². The molecule has 1 aromatic carbocycles. The zero-order valence-electron chi connectivity index (χ0n) is 14.8. The van der Waals surface area contributed by atoms with Gasteiger partial charge in [0.05, 0.1) is 27.5 Å². The monoisotopic (exact) mass is 436 g/mol. The van der Waals surface area contributed by atoms with Gasteiger partial charge in [0.1, 0.15) is 0 Å². The van der Waals surface area contributed by atoms with Gasteiger partial charge in [0, 0.05) is 24.5 Å². The van der Waals surface area contributed by atoms with Gasteiger partial charge in [-0.1, -0.05) is 35.3 Å². The van der Waals surface area contributed by atoms with Gasteiger partial charge in [0.2, 0.25) is 5.95 Å². The van der Waals surface area contributed by atoms with Crippen molar-refractivity contribution in [2.45, 2.75) is 12.6 Å². The highest BCUT2D eigenvalue weighted by Crippen LogP contribution is 2.23. The first-order chi connectivity index (χ1) is 13.6. The summed E-state index contributed by atoms with van der Waals surface area (Å²) in [4.78, 5) is 18.7. The van der Waals surface area contributed by atoms with Crippen LogP contribution in [0.4, 0.5) is 5.95 Å². The maximum atomic E-state index is 13.1. The molecule has 0 radical (unpaired) electrons. The second-order valence-electron chi connectivity index (χ2n) is 6.26. The van der Waals surface area contributed by atoms with E-state index in [1.807, 2.05) is 12.1 Å². The molecular weight excluding hydrogens is 419 g/mol. The summed E-state index contributed by atoms with van der Waals surface area (Å²) < 4.78 is 1.99. The fourth-order valence-electron chi connectivity index (χ4n) is 2.93. The normalized spacial score (nSPS) is 16.9. The first kappa shape index (κ1) is 19.4. The molecule has 0 bridgehead atoms. The predicted octanol–water partition coefficient (Wildman–Crippen LogP) is 3.18. The number of piperazine rings is 1. The van der Waals surface area contributed by atoms with E-state index in [1.165, 1.54) is 16.0 Å². The number of carbonyl (C=O) groups excluding carboxylic acids is 1. The van der Waals surface area contributed by atoms with Crippen molar-refractivity contribution in [3.63, 3.8) is 0 Å². The highest BCUT2D eigenvalue weighted by molar-refractivity contribution is 7.16. The lowest BCUT2D eigenvalue weighted by Gasteiger charge is -2.21. The average Bonchev–Trinajstić information content (AvgIpc) is 3.33. The van der Waals surface area contributed by atoms with Crippen molar-refractivity contribution in [1.82, 2.24) is 25.4 Å². The van der Waals surface area contributed by atoms with Gasteiger partial charge in [-0.25, -0.2) is 0 Å². The first-order valence-electron chi connectivity index (χ1n) is 8.80. The predicted molar refractivity (Wildman–Crippen MR) is 111 cm³/mol. The van der Waals surface area contributed by atoms with Crippen molar-refractivity contribution in [3.05, 3.63) is 62.0 Å². The summed E-state index contributed by atoms with van der Waals surface area (Å²) in [6, 6.07) is 10.6. The topological polar surface area (TPSA) is 83.9 Å². The van der Waals surface area contributed by atoms with E-state index in [0.717, 1.165) is 18.0 Å². The van der Waals surface area contributed by atoms with Crippen LogP contribution in [0.25, 0.3) is 0 Å². The van der Waals surface area contributed by atoms with Gasteiger partial charge >= 0.3 is 0 Å². The molecule has 1 fully saturated rings. The van der Waals surface area contributed by atoms with E-state index in [9.17, 15) is 4.79 Å². The van der Waals surface area contributed by atoms with E-state index in [4.69, 9.17) is 23.2 Å². The number of nitrogens with one attached hydrogen (secondary N) is 3. The summed E-state index contributed by atoms with van der Waals surface area (Å²) in [6.45, 7) is 2.89. The Kier molecular flexibility index (Phi) is 5.93. The van der Waals surface area contributed by atoms with Gasteiger partial charge in [-0.05, 0) is 24.3 Å². The minimum Gasteiger partial charge on any atom is -0.349 e. The molecule has 0 aliphatic carbocycles. The lowest BCUT2D eigenvalue weighted by molar-refractivity contribution is 0.0946. The molecule has 3 aromatic rings. The average molecular weight is 437 g/mol. The van der Waals surface area contributed by atoms with Gasteiger partial charge in [-0.15, -0.1) is 16.4 Å². The van der Waals surface area contributed by atoms with Gasteiger partial charge < -0.3 is 16.0 Å². The molecule has 146 valence electrons. The van der Waals surface area contributed by atoms with Crippen LogP contribution in [0.2, 0.25) is 9.36 Å². The van der Waals surface area contributed by atoms with Crippen LogP contribution in [0.3, 0.4) is 0 Å². The SMILES string of the molecule is O=C(c1ccccc1Cl)n1nc(C2CNCCN2)nc1NCc1ccc(Cl)s1. The van der Waals surface area contributed by atoms with E-state index in [-0.39, 0.29) is 11.9 Å². The smallest absolute Gasteiger partial charge is 0.282 e. The van der Waals surface area contributed by atoms with Crippen molar-refractivity contribution in [1.29, 1.82) is 0 Å². The second-order valence-corrected chi connectivity index (χ2v) is 8.47. The zero-order valence-corrected chi connectivity index (χ0v) is 17.1. The largest absolute Gasteiger partial charge is 0.349 e. The van der Waals surface area contributed by atoms with Gasteiger partial charge in [-0.2, -0.15) is 9.67 Å². The highest BCUT2D eigenvalue weighted by Gasteiger charge is 2.25. The maximum Gasteiger partial charge on any atom is 0.282 e. The number of hydrogen-bond donors (Lipinski definition) is 3. The highest BCUT2D eigenvalue weighted by atomic mass is 35.5. The van der Waals surface area contributed by atoms with Crippen molar-refractivity contribution >= 4 is 46.4 Å². The van der Waals surface area contributed by atoms with Gasteiger partial charge in [-0.3, -0.25) is 4.79 Å². The quantitative estimate of drug-likeness (QED) is 0.569. The van der Waals surface area contributed by atoms with E-state index < -0.39 is 0 Å². The Bertz CT molecular complexity index is 982. The Hall–Kier alpha value is -1.97. The minimum atomic E-state index is -0.333. The van der Waals surface area contributed by atoms with Crippen molar-refractivity contribution in [2.75, 3.05) is 25.0 Å². The summed E-state index contributed by atoms with van der Waals surface area (Å²) in [5, 5.41) is 14.7. The first-order valence-corrected chi connectivity index (χ1v) is 10.4. The second kappa shape index (κ2) is 8.59. The molecule has 10 heteroatoms. The van der Waals surface area contributed by atoms with Crippen LogP contribution in [0.1, 0.15) is 27.1 Å². The van der Waals surface area contributed by atoms with Crippen molar-refractivity contribution in [2.24, 2.45) is 0 Å². The molecule has 0 amide bonds. The van der Waals surface area contributed by atoms with Crippen molar-refractivity contribution < 1.29 is 4.79 Å². The van der Waals surface area contributed by atoms with E-state index in [0.29, 0.717) is 39.8 Å². The van der Waals surface area contributed by atoms with Crippen LogP contribution in [-0.4, -0.2) is 40.3 Å². The third-order valence-corrected chi connectivity index (χ3v) is 5.88. The lowest BCUT2D eigenvalue weighted by Crippen LogP contribution is -2.43. The Morgan fingerprint density at radius 3 is 2.82 bits per heavy atom. The number of halogens is 2. The molecule has 1 unspecified atom stereocenters. The Labute approximate surface area is 176 Å². The maximum absolute atomic E-state index is 13.1. The molecule has 2 aromatic heterocycles. The number of carbonyl (C=O) groups is 1. The molecule has 1 atom stereocenters. The number of aromatic nitrogens is 3. The zero-order chi connectivity index (χ0) is 19.5. The molecule has 0 saturated carbocycles. The molecule has 1 aliphatic rings. The summed E-state index contributed by atoms with van der Waals surface area (Å²) >= 11 is 13.7. The third-order valence-electron chi connectivity index (χ3n) is 4.32. The summed E-state index contributed by atoms with van der Waals surface area (Å²) in [5.74, 6) is 0.593. The molecule has 1 aliphatic heterocycles. The number of nitrogens with zero attached hydrogens (tertiary/aromatic N) is 3. The minimum absolute atomic E-state index is 0.0641. The van der Waals surface area contributed by atoms with Gasteiger partial charge in [0.15, 0.2) is 5.82 Å². The summed E-state index contributed by atoms with van der Waals surface area (Å²) in [6.07, 6.45) is 0. The number of thiophene rings is 1. The lowest BCUT2D eigenvalue weighted by atomic mass is 10.2. The molecule has 4 rings (SSSR count). The van der Waals surface area contributed by atoms with Crippen LogP contribution >= 0.6 is 34.5 Å². The molecular formula is C18H18Cl2N6OS. The third kappa shape index (κ3) is 4.21. The van der Waals surface area contributed by atoms with Gasteiger partial charge in [0.25, 0.3) is 5.91 Å². The summed E-state index contributed by atoms with van der Waals surface area (Å²) in [5.41, 5.74) is 0.373. The fourth-order valence-corrected chi connectivity index (χ4v) is 4.17. The van der Waals surface area contributed by atoms with E-state index in [2.05, 4.69) is 26.0 Å². The molecule has 28 heavy (non-hydrogen) atoms. The number of benzene rings is 1. The van der Waals surface area contributed by atoms with E-state index >= 15 is 0 Å². The van der Waals surface area contributed by atoms with E-state index in [1.54, 1.807) is 24.3 Å². The molecule has 7 nitrogen and oxygen atoms in total. The van der Waals surface area contributed by atoms with Crippen LogP contribution in [-0.2, 0) is 6.54 Å². The Morgan fingerprint density at radius 1 is 1.25 bits per heavy atom. The standard InChI is InChI=1S/C18H18Cl2N6OS/c19-13-4-2-1-3-12(13)17(27)26-18(23-9-11-5-6-15(20)28-11)24-16(25-26)14-10-21-7-8-22-14/h1-6,14,21-22H,7-10H2,(H,23,24,25). The Morgan fingerprint density at radius 2 is 2.11 bits per heavy atom. The van der Waals surface area contributed by atoms with Crippen LogP contribution < -0.4 is 16.0 Å². The van der Waals surface area contributed by atoms with Crippen LogP contribution in [0, 0.1) is 0 Å².